The number of para-hydroxylation sites is 1. The molecule has 7 nitrogen and oxygen atoms in total. The molecule has 28 heavy (non-hydrogen) atoms. The number of nitrogens with one attached hydrogen (secondary N) is 2. The lowest BCUT2D eigenvalue weighted by Gasteiger charge is -2.13. The molecule has 2 amide bonds. The number of amides is 2. The number of urea groups is 1. The highest BCUT2D eigenvalue weighted by atomic mass is 16.5. The van der Waals surface area contributed by atoms with E-state index in [2.05, 4.69) is 10.6 Å². The summed E-state index contributed by atoms with van der Waals surface area (Å²) in [6, 6.07) is 11.7. The van der Waals surface area contributed by atoms with Crippen LogP contribution in [0.3, 0.4) is 0 Å². The topological polar surface area (TPSA) is 85.9 Å². The van der Waals surface area contributed by atoms with E-state index in [1.54, 1.807) is 50.6 Å². The summed E-state index contributed by atoms with van der Waals surface area (Å²) in [5.41, 5.74) is 1.56. The van der Waals surface area contributed by atoms with Crippen molar-refractivity contribution < 1.29 is 23.8 Å². The van der Waals surface area contributed by atoms with Gasteiger partial charge in [-0.05, 0) is 36.2 Å². The second kappa shape index (κ2) is 10.8. The Hall–Kier alpha value is -3.22. The summed E-state index contributed by atoms with van der Waals surface area (Å²) in [4.78, 5) is 24.5. The fourth-order valence-corrected chi connectivity index (χ4v) is 2.50. The van der Waals surface area contributed by atoms with Crippen LogP contribution in [0, 0.1) is 0 Å². The molecule has 150 valence electrons. The van der Waals surface area contributed by atoms with Gasteiger partial charge in [0.05, 0.1) is 32.1 Å². The number of hydrogen-bond acceptors (Lipinski definition) is 5. The molecule has 2 aromatic rings. The quantitative estimate of drug-likeness (QED) is 0.503. The molecule has 2 N–H and O–H groups in total. The van der Waals surface area contributed by atoms with Crippen LogP contribution in [0.2, 0.25) is 0 Å². The van der Waals surface area contributed by atoms with E-state index in [1.165, 1.54) is 0 Å². The van der Waals surface area contributed by atoms with Crippen molar-refractivity contribution in [2.75, 3.05) is 26.1 Å². The summed E-state index contributed by atoms with van der Waals surface area (Å²) < 4.78 is 15.7. The van der Waals surface area contributed by atoms with E-state index in [1.807, 2.05) is 13.0 Å². The van der Waals surface area contributed by atoms with Crippen molar-refractivity contribution in [2.45, 2.75) is 26.3 Å². The molecular weight excluding hydrogens is 360 g/mol. The minimum Gasteiger partial charge on any atom is -0.493 e. The molecule has 0 unspecified atom stereocenters. The Balaban J connectivity index is 1.97. The van der Waals surface area contributed by atoms with Crippen LogP contribution in [0.1, 0.15) is 35.7 Å². The molecule has 0 radical (unpaired) electrons. The fourth-order valence-electron chi connectivity index (χ4n) is 2.50. The van der Waals surface area contributed by atoms with Crippen molar-refractivity contribution in [3.63, 3.8) is 0 Å². The Bertz CT molecular complexity index is 807. The number of anilines is 1. The van der Waals surface area contributed by atoms with Crippen molar-refractivity contribution in [3.05, 3.63) is 53.6 Å². The summed E-state index contributed by atoms with van der Waals surface area (Å²) >= 11 is 0. The van der Waals surface area contributed by atoms with Gasteiger partial charge in [0.1, 0.15) is 0 Å². The molecule has 0 spiro atoms. The van der Waals surface area contributed by atoms with Crippen LogP contribution in [-0.4, -0.2) is 32.8 Å². The van der Waals surface area contributed by atoms with E-state index < -0.39 is 12.0 Å². The zero-order valence-corrected chi connectivity index (χ0v) is 16.4. The van der Waals surface area contributed by atoms with Crippen LogP contribution in [0.4, 0.5) is 10.5 Å². The molecule has 2 rings (SSSR count). The number of esters is 1. The van der Waals surface area contributed by atoms with Gasteiger partial charge < -0.3 is 24.8 Å². The molecule has 0 fully saturated rings. The van der Waals surface area contributed by atoms with Crippen LogP contribution in [0.25, 0.3) is 0 Å². The zero-order chi connectivity index (χ0) is 20.4. The minimum absolute atomic E-state index is 0.287. The maximum absolute atomic E-state index is 12.3. The molecule has 0 heterocycles. The largest absolute Gasteiger partial charge is 0.493 e. The number of hydrogen-bond donors (Lipinski definition) is 2. The average Bonchev–Trinajstić information content (AvgIpc) is 2.72. The van der Waals surface area contributed by atoms with Gasteiger partial charge in [0, 0.05) is 6.54 Å². The van der Waals surface area contributed by atoms with Gasteiger partial charge >= 0.3 is 12.0 Å². The van der Waals surface area contributed by atoms with E-state index in [4.69, 9.17) is 14.2 Å². The third kappa shape index (κ3) is 5.90. The van der Waals surface area contributed by atoms with Gasteiger partial charge in [0.25, 0.3) is 0 Å². The van der Waals surface area contributed by atoms with Crippen LogP contribution in [0.15, 0.2) is 42.5 Å². The second-order valence-corrected chi connectivity index (χ2v) is 6.03. The molecule has 2 aromatic carbocycles. The number of ether oxygens (including phenoxy) is 3. The monoisotopic (exact) mass is 386 g/mol. The molecule has 0 bridgehead atoms. The van der Waals surface area contributed by atoms with Crippen LogP contribution >= 0.6 is 0 Å². The first-order valence-corrected chi connectivity index (χ1v) is 9.11. The average molecular weight is 386 g/mol. The smallest absolute Gasteiger partial charge is 0.340 e. The summed E-state index contributed by atoms with van der Waals surface area (Å²) in [5, 5.41) is 5.45. The Morgan fingerprint density at radius 1 is 1.00 bits per heavy atom. The Morgan fingerprint density at radius 2 is 1.75 bits per heavy atom. The molecule has 0 saturated carbocycles. The molecule has 0 saturated heterocycles. The summed E-state index contributed by atoms with van der Waals surface area (Å²) in [7, 11) is 3.12. The summed E-state index contributed by atoms with van der Waals surface area (Å²) in [6.07, 6.45) is 1.73. The van der Waals surface area contributed by atoms with Crippen molar-refractivity contribution in [3.8, 4) is 11.5 Å². The third-order valence-electron chi connectivity index (χ3n) is 4.03. The van der Waals surface area contributed by atoms with Crippen LogP contribution in [0.5, 0.6) is 11.5 Å². The lowest BCUT2D eigenvalue weighted by molar-refractivity contribution is 0.0501. The Labute approximate surface area is 165 Å². The van der Waals surface area contributed by atoms with E-state index in [-0.39, 0.29) is 6.54 Å². The molecule has 0 aromatic heterocycles. The highest BCUT2D eigenvalue weighted by molar-refractivity contribution is 6.00. The molecule has 0 atom stereocenters. The van der Waals surface area contributed by atoms with Gasteiger partial charge in [-0.15, -0.1) is 0 Å². The van der Waals surface area contributed by atoms with E-state index in [9.17, 15) is 9.59 Å². The highest BCUT2D eigenvalue weighted by Crippen LogP contribution is 2.27. The van der Waals surface area contributed by atoms with Crippen molar-refractivity contribution in [1.29, 1.82) is 0 Å². The maximum atomic E-state index is 12.3. The van der Waals surface area contributed by atoms with Crippen molar-refractivity contribution in [1.82, 2.24) is 5.32 Å². The molecule has 7 heteroatoms. The number of carbonyl (C=O) groups is 2. The lowest BCUT2D eigenvalue weighted by Crippen LogP contribution is -2.29. The number of methoxy groups -OCH3 is 2. The Kier molecular flexibility index (Phi) is 8.14. The van der Waals surface area contributed by atoms with Crippen LogP contribution in [-0.2, 0) is 11.3 Å². The third-order valence-corrected chi connectivity index (χ3v) is 4.03. The summed E-state index contributed by atoms with van der Waals surface area (Å²) in [6.45, 7) is 2.66. The predicted molar refractivity (Wildman–Crippen MR) is 107 cm³/mol. The molecule has 0 aliphatic heterocycles. The molecule has 0 aliphatic rings. The summed E-state index contributed by atoms with van der Waals surface area (Å²) in [5.74, 6) is 0.748. The molecular formula is C21H26N2O5. The first kappa shape index (κ1) is 21.1. The van der Waals surface area contributed by atoms with E-state index in [0.717, 1.165) is 18.4 Å². The van der Waals surface area contributed by atoms with Gasteiger partial charge in [-0.2, -0.15) is 0 Å². The SMILES string of the molecule is CCCCOC(=O)c1ccccc1NC(=O)NCc1ccc(OC)c(OC)c1. The Morgan fingerprint density at radius 3 is 2.46 bits per heavy atom. The number of benzene rings is 2. The molecule has 0 aliphatic carbocycles. The maximum Gasteiger partial charge on any atom is 0.340 e. The predicted octanol–water partition coefficient (Wildman–Crippen LogP) is 3.98. The van der Waals surface area contributed by atoms with Gasteiger partial charge in [-0.25, -0.2) is 9.59 Å². The fraction of sp³-hybridized carbons (Fsp3) is 0.333. The standard InChI is InChI=1S/C21H26N2O5/c1-4-5-12-28-20(24)16-8-6-7-9-17(16)23-21(25)22-14-15-10-11-18(26-2)19(13-15)27-3/h6-11,13H,4-5,12,14H2,1-3H3,(H2,22,23,25). The normalized spacial score (nSPS) is 10.1. The van der Waals surface area contributed by atoms with E-state index in [0.29, 0.717) is 29.4 Å². The van der Waals surface area contributed by atoms with Gasteiger partial charge in [-0.1, -0.05) is 31.5 Å². The van der Waals surface area contributed by atoms with Crippen molar-refractivity contribution >= 4 is 17.7 Å². The van der Waals surface area contributed by atoms with Gasteiger partial charge in [0.2, 0.25) is 0 Å². The lowest BCUT2D eigenvalue weighted by atomic mass is 10.2. The number of carbonyl (C=O) groups excluding carboxylic acids is 2. The minimum atomic E-state index is -0.454. The second-order valence-electron chi connectivity index (χ2n) is 6.03. The zero-order valence-electron chi connectivity index (χ0n) is 16.4. The van der Waals surface area contributed by atoms with Crippen molar-refractivity contribution in [2.24, 2.45) is 0 Å². The highest BCUT2D eigenvalue weighted by Gasteiger charge is 2.14. The number of unbranched alkanes of at least 4 members (excludes halogenated alkanes) is 1. The first-order valence-electron chi connectivity index (χ1n) is 9.11. The van der Waals surface area contributed by atoms with Crippen LogP contribution < -0.4 is 20.1 Å². The first-order chi connectivity index (χ1) is 13.6. The van der Waals surface area contributed by atoms with Gasteiger partial charge in [0.15, 0.2) is 11.5 Å². The number of rotatable bonds is 9. The van der Waals surface area contributed by atoms with E-state index >= 15 is 0 Å². The van der Waals surface area contributed by atoms with Gasteiger partial charge in [-0.3, -0.25) is 0 Å².